The van der Waals surface area contributed by atoms with Gasteiger partial charge in [-0.05, 0) is 50.6 Å². The summed E-state index contributed by atoms with van der Waals surface area (Å²) in [6, 6.07) is 6.13. The number of sulfonamides is 1. The number of carboxylic acid groups (broad SMARTS) is 1. The molecule has 3 amide bonds. The number of anilines is 3. The highest BCUT2D eigenvalue weighted by atomic mass is 35.5. The van der Waals surface area contributed by atoms with E-state index in [1.165, 1.54) is 69.7 Å². The van der Waals surface area contributed by atoms with Crippen LogP contribution in [-0.2, 0) is 24.8 Å². The number of benzene rings is 1. The lowest BCUT2D eigenvalue weighted by molar-refractivity contribution is -0.135. The molecular weight excluding hydrogens is 1080 g/mol. The summed E-state index contributed by atoms with van der Waals surface area (Å²) in [4.78, 5) is 87.1. The lowest BCUT2D eigenvalue weighted by atomic mass is 9.97. The number of nitrogens with zero attached hydrogens (tertiary/aromatic N) is 9. The molecule has 0 saturated heterocycles. The molecule has 0 radical (unpaired) electrons. The van der Waals surface area contributed by atoms with Crippen molar-refractivity contribution in [2.75, 3.05) is 70.2 Å². The maximum Gasteiger partial charge on any atom is 0.442 e. The van der Waals surface area contributed by atoms with Gasteiger partial charge in [0.25, 0.3) is 15.9 Å². The number of urea groups is 1. The van der Waals surface area contributed by atoms with Crippen LogP contribution in [0.15, 0.2) is 50.8 Å². The highest BCUT2D eigenvalue weighted by Gasteiger charge is 2.28. The van der Waals surface area contributed by atoms with Crippen LogP contribution in [0.3, 0.4) is 0 Å². The summed E-state index contributed by atoms with van der Waals surface area (Å²) >= 11 is 17.9. The van der Waals surface area contributed by atoms with Crippen LogP contribution in [0.4, 0.5) is 22.6 Å². The number of methoxy groups -OCH3 is 2. The molecule has 0 saturated carbocycles. The molecule has 0 atom stereocenters. The fourth-order valence-corrected chi connectivity index (χ4v) is 6.95. The van der Waals surface area contributed by atoms with Crippen LogP contribution < -0.4 is 46.0 Å². The van der Waals surface area contributed by atoms with Crippen LogP contribution in [0, 0.1) is 12.3 Å². The lowest BCUT2D eigenvalue weighted by Gasteiger charge is -2.14. The summed E-state index contributed by atoms with van der Waals surface area (Å²) in [6.07, 6.45) is 5.75. The third-order valence-corrected chi connectivity index (χ3v) is 10.6. The van der Waals surface area contributed by atoms with Gasteiger partial charge in [0.1, 0.15) is 12.4 Å². The number of aromatic nitrogens is 8. The molecule has 0 bridgehead atoms. The van der Waals surface area contributed by atoms with Crippen molar-refractivity contribution < 1.29 is 60.9 Å². The molecule has 5 aromatic rings. The number of hydrogen-bond acceptors (Lipinski definition) is 21. The molecule has 404 valence electrons. The Morgan fingerprint density at radius 3 is 2.11 bits per heavy atom. The molecule has 74 heavy (non-hydrogen) atoms. The minimum Gasteiger partial charge on any atom is -0.481 e. The Bertz CT molecular complexity index is 2960. The van der Waals surface area contributed by atoms with Crippen molar-refractivity contribution in [3.8, 4) is 35.5 Å². The number of terminal acetylenes is 1. The van der Waals surface area contributed by atoms with Crippen molar-refractivity contribution in [2.45, 2.75) is 58.0 Å². The molecule has 4 aromatic heterocycles. The Balaban J connectivity index is 0.000000362. The lowest BCUT2D eigenvalue weighted by Crippen LogP contribution is -2.36. The van der Waals surface area contributed by atoms with E-state index in [-0.39, 0.29) is 51.2 Å². The number of hydrogen-bond donors (Lipinski definition) is 8. The Hall–Kier alpha value is -6.90. The molecule has 28 nitrogen and oxygen atoms in total. The maximum absolute atomic E-state index is 12.5. The van der Waals surface area contributed by atoms with E-state index in [0.717, 1.165) is 11.2 Å². The second-order valence-corrected chi connectivity index (χ2v) is 20.1. The molecule has 0 aliphatic carbocycles. The fraction of sp³-hybridized carbons (Fsp3) is 0.390. The van der Waals surface area contributed by atoms with Gasteiger partial charge in [-0.15, -0.1) is 11.5 Å². The van der Waals surface area contributed by atoms with Crippen molar-refractivity contribution >= 4 is 88.2 Å². The second-order valence-electron chi connectivity index (χ2n) is 15.7. The molecule has 4 heterocycles. The Kier molecular flexibility index (Phi) is 24.9. The molecule has 33 heteroatoms. The number of aliphatic carboxylic acids is 1. The van der Waals surface area contributed by atoms with Gasteiger partial charge in [-0.1, -0.05) is 49.9 Å². The van der Waals surface area contributed by atoms with Gasteiger partial charge >= 0.3 is 25.4 Å². The highest BCUT2D eigenvalue weighted by Crippen LogP contribution is 2.33. The summed E-state index contributed by atoms with van der Waals surface area (Å²) in [7, 11) is -2.94. The standard InChI is InChI=1S/C15H14Cl2N2O3.C15H18N6O6S.C8H14ClN5.C3H8NO5P/c1-5-6-21-12-8-11(9(16)7-10(12)17)19-14(20)22-13(18-19)15(2,3)4;1-21(2)13(22)9-6-5-7-16-12(9)28(24,25)20-15(23)19-14-17-10(26-3)8-11(18-14)27-4;1-4-10-7-12-6(9)13-8(14-7)11-5(2)3;5-3(6)1-4-2-10(7,8)9/h1,7-8H,6H2,2-4H3;5-8H,1-4H3,(H2,17,18,19,20,23);5H,4H2,1-3H3,(H2,10,11,12,13,14);4H,1-2H2,(H,5,6)(H2,7,8,9). The predicted octanol–water partition coefficient (Wildman–Crippen LogP) is 4.12. The summed E-state index contributed by atoms with van der Waals surface area (Å²) in [5.41, 5.74) is -0.291. The van der Waals surface area contributed by atoms with E-state index in [0.29, 0.717) is 29.2 Å². The van der Waals surface area contributed by atoms with Crippen molar-refractivity contribution in [3.05, 3.63) is 73.9 Å². The quantitative estimate of drug-likeness (QED) is 0.0479. The van der Waals surface area contributed by atoms with Crippen molar-refractivity contribution in [3.63, 3.8) is 0 Å². The summed E-state index contributed by atoms with van der Waals surface area (Å²) in [5.74, 6) is 1.49. The summed E-state index contributed by atoms with van der Waals surface area (Å²) in [6.45, 7) is 12.0. The molecule has 5 rings (SSSR count). The van der Waals surface area contributed by atoms with E-state index in [4.69, 9.17) is 74.7 Å². The topological polar surface area (TPSA) is 380 Å². The van der Waals surface area contributed by atoms with Crippen LogP contribution in [0.1, 0.15) is 57.8 Å². The van der Waals surface area contributed by atoms with E-state index in [2.05, 4.69) is 62.2 Å². The molecule has 0 spiro atoms. The molecule has 0 aliphatic heterocycles. The molecule has 1 aromatic carbocycles. The number of carbonyl (C=O) groups excluding carboxylic acids is 2. The van der Waals surface area contributed by atoms with Crippen LogP contribution in [0.5, 0.6) is 17.5 Å². The zero-order chi connectivity index (χ0) is 56.1. The van der Waals surface area contributed by atoms with Crippen LogP contribution in [0.2, 0.25) is 15.3 Å². The summed E-state index contributed by atoms with van der Waals surface area (Å²) < 4.78 is 58.3. The predicted molar refractivity (Wildman–Crippen MR) is 272 cm³/mol. The van der Waals surface area contributed by atoms with Gasteiger partial charge < -0.3 is 49.1 Å². The first-order valence-electron chi connectivity index (χ1n) is 21.0. The first-order chi connectivity index (χ1) is 34.4. The minimum atomic E-state index is -4.46. The normalized spacial score (nSPS) is 10.9. The van der Waals surface area contributed by atoms with Gasteiger partial charge in [-0.3, -0.25) is 24.8 Å². The number of carboxylic acids is 1. The zero-order valence-corrected chi connectivity index (χ0v) is 45.3. The van der Waals surface area contributed by atoms with Crippen molar-refractivity contribution in [1.82, 2.24) is 54.6 Å². The smallest absolute Gasteiger partial charge is 0.442 e. The third-order valence-electron chi connectivity index (χ3n) is 7.90. The summed E-state index contributed by atoms with van der Waals surface area (Å²) in [5, 5.41) is 22.6. The van der Waals surface area contributed by atoms with E-state index < -0.39 is 64.6 Å². The minimum absolute atomic E-state index is 0.0434. The number of pyridine rings is 1. The van der Waals surface area contributed by atoms with Gasteiger partial charge in [0, 0.05) is 44.4 Å². The van der Waals surface area contributed by atoms with E-state index in [1.54, 1.807) is 4.72 Å². The average molecular weight is 1140 g/mol. The van der Waals surface area contributed by atoms with Gasteiger partial charge in [-0.2, -0.15) is 38.0 Å². The average Bonchev–Trinajstić information content (AvgIpc) is 3.69. The van der Waals surface area contributed by atoms with Crippen molar-refractivity contribution in [2.24, 2.45) is 0 Å². The number of amides is 3. The van der Waals surface area contributed by atoms with E-state index in [9.17, 15) is 32.2 Å². The van der Waals surface area contributed by atoms with Gasteiger partial charge in [0.05, 0.1) is 54.4 Å². The zero-order valence-electron chi connectivity index (χ0n) is 41.3. The number of nitrogens with one attached hydrogen (secondary N) is 5. The van der Waals surface area contributed by atoms with Crippen LogP contribution in [0.25, 0.3) is 5.69 Å². The van der Waals surface area contributed by atoms with Gasteiger partial charge in [0.15, 0.2) is 5.03 Å². The van der Waals surface area contributed by atoms with E-state index >= 15 is 0 Å². The van der Waals surface area contributed by atoms with Crippen LogP contribution >= 0.6 is 42.4 Å². The Labute approximate surface area is 439 Å². The number of rotatable bonds is 17. The second kappa shape index (κ2) is 29.1. The number of ether oxygens (including phenoxy) is 3. The largest absolute Gasteiger partial charge is 0.481 e. The SMILES string of the molecule is C#CCOc1cc(-n2nc(C(C)(C)C)oc2=O)c(Cl)cc1Cl.CCNc1nc(Cl)nc(NC(C)C)n1.COc1cc(OC)nc(NC(=O)NS(=O)(=O)c2ncccc2C(=O)N(C)C)n1.O=C(O)CNCP(=O)(O)O. The van der Waals surface area contributed by atoms with Crippen molar-refractivity contribution in [1.29, 1.82) is 0 Å². The molecule has 0 aliphatic rings. The molecular formula is C41H54Cl3N14O14PS. The molecule has 0 unspecified atom stereocenters. The van der Waals surface area contributed by atoms with Crippen LogP contribution in [-0.4, -0.2) is 146 Å². The first kappa shape index (κ1) is 63.2. The van der Waals surface area contributed by atoms with Gasteiger partial charge in [0.2, 0.25) is 40.8 Å². The maximum atomic E-state index is 12.5. The Morgan fingerprint density at radius 2 is 1.59 bits per heavy atom. The number of carbonyl (C=O) groups is 3. The monoisotopic (exact) mass is 1130 g/mol. The first-order valence-corrected chi connectivity index (χ1v) is 25.4. The molecule has 0 fully saturated rings. The fourth-order valence-electron chi connectivity index (χ4n) is 4.84. The number of halogens is 3. The highest BCUT2D eigenvalue weighted by molar-refractivity contribution is 7.90. The Morgan fingerprint density at radius 1 is 0.973 bits per heavy atom. The molecule has 8 N–H and O–H groups in total. The third kappa shape index (κ3) is 21.7. The van der Waals surface area contributed by atoms with Gasteiger partial charge in [-0.25, -0.2) is 19.3 Å². The van der Waals surface area contributed by atoms with E-state index in [1.807, 2.05) is 41.5 Å².